The van der Waals surface area contributed by atoms with Crippen molar-refractivity contribution >= 4 is 17.9 Å². The first-order valence-electron chi connectivity index (χ1n) is 6.81. The van der Waals surface area contributed by atoms with E-state index >= 15 is 0 Å². The van der Waals surface area contributed by atoms with Crippen LogP contribution >= 0.6 is 0 Å². The van der Waals surface area contributed by atoms with Gasteiger partial charge in [-0.2, -0.15) is 0 Å². The molecule has 2 rings (SSSR count). The predicted octanol–water partition coefficient (Wildman–Crippen LogP) is -1.81. The summed E-state index contributed by atoms with van der Waals surface area (Å²) < 4.78 is 0. The fourth-order valence-corrected chi connectivity index (χ4v) is 1.85. The van der Waals surface area contributed by atoms with E-state index in [0.717, 1.165) is 0 Å². The molecule has 12 heteroatoms. The van der Waals surface area contributed by atoms with Crippen molar-refractivity contribution < 1.29 is 24.9 Å². The molecule has 130 valence electrons. The van der Waals surface area contributed by atoms with Gasteiger partial charge in [0.05, 0.1) is 18.2 Å². The van der Waals surface area contributed by atoms with E-state index in [1.165, 1.54) is 18.7 Å². The summed E-state index contributed by atoms with van der Waals surface area (Å²) in [5.41, 5.74) is 11.1. The van der Waals surface area contributed by atoms with Crippen molar-refractivity contribution in [1.29, 1.82) is 0 Å². The minimum atomic E-state index is -1.52. The Labute approximate surface area is 135 Å². The van der Waals surface area contributed by atoms with E-state index in [2.05, 4.69) is 30.8 Å². The maximum atomic E-state index is 11.2. The Morgan fingerprint density at radius 1 is 1.29 bits per heavy atom. The largest absolute Gasteiger partial charge is 0.480 e. The Morgan fingerprint density at radius 2 is 2.04 bits per heavy atom. The number of carboxylic acids is 2. The molecule has 0 aliphatic carbocycles. The first-order chi connectivity index (χ1) is 11.4. The number of nitrogens with one attached hydrogen (secondary N) is 4. The topological polar surface area (TPSA) is 202 Å². The summed E-state index contributed by atoms with van der Waals surface area (Å²) in [5, 5.41) is 27.7. The average molecular weight is 339 g/mol. The summed E-state index contributed by atoms with van der Waals surface area (Å²) in [6.45, 7) is 0. The molecular formula is C12H17N7O5. The Hall–Kier alpha value is -2.96. The number of rotatable bonds is 9. The maximum absolute atomic E-state index is 11.2. The van der Waals surface area contributed by atoms with E-state index in [1.807, 2.05) is 0 Å². The number of anilines is 1. The molecule has 0 aliphatic rings. The zero-order valence-corrected chi connectivity index (χ0v) is 12.3. The maximum Gasteiger partial charge on any atom is 0.323 e. The molecule has 0 radical (unpaired) electrons. The van der Waals surface area contributed by atoms with Crippen molar-refractivity contribution in [3.05, 3.63) is 30.1 Å². The number of hydrogen-bond acceptors (Lipinski definition) is 8. The lowest BCUT2D eigenvalue weighted by atomic mass is 10.1. The molecule has 0 spiro atoms. The number of aliphatic carboxylic acids is 2. The fourth-order valence-electron chi connectivity index (χ4n) is 1.85. The number of carbonyl (C=O) groups is 2. The van der Waals surface area contributed by atoms with Gasteiger partial charge < -0.3 is 31.0 Å². The Kier molecular flexibility index (Phi) is 5.47. The summed E-state index contributed by atoms with van der Waals surface area (Å²) in [6, 6.07) is -2.50. The van der Waals surface area contributed by atoms with Gasteiger partial charge in [-0.1, -0.05) is 0 Å². The normalized spacial score (nSPS) is 14.8. The summed E-state index contributed by atoms with van der Waals surface area (Å²) in [7, 11) is 0. The minimum Gasteiger partial charge on any atom is -0.480 e. The third-order valence-electron chi connectivity index (χ3n) is 3.18. The first-order valence-corrected chi connectivity index (χ1v) is 6.81. The molecule has 2 aromatic heterocycles. The van der Waals surface area contributed by atoms with Crippen molar-refractivity contribution in [2.45, 2.75) is 24.6 Å². The second kappa shape index (κ2) is 7.54. The van der Waals surface area contributed by atoms with E-state index < -0.39 is 30.1 Å². The van der Waals surface area contributed by atoms with E-state index in [1.54, 1.807) is 0 Å². The monoisotopic (exact) mass is 339 g/mol. The molecule has 24 heavy (non-hydrogen) atoms. The highest BCUT2D eigenvalue weighted by Gasteiger charge is 2.25. The molecule has 0 aromatic carbocycles. The molecule has 0 aliphatic heterocycles. The fraction of sp³-hybridized carbons (Fsp3) is 0.333. The Bertz CT molecular complexity index is 686. The van der Waals surface area contributed by atoms with Crippen LogP contribution in [0.2, 0.25) is 0 Å². The van der Waals surface area contributed by atoms with Gasteiger partial charge in [0.25, 0.3) is 0 Å². The van der Waals surface area contributed by atoms with Gasteiger partial charge >= 0.3 is 11.9 Å². The van der Waals surface area contributed by atoms with Crippen molar-refractivity contribution in [3.8, 4) is 0 Å². The number of nitrogens with zero attached hydrogens (tertiary/aromatic N) is 2. The number of H-pyrrole nitrogens is 2. The minimum absolute atomic E-state index is 0.0784. The molecule has 0 saturated carbocycles. The molecule has 12 nitrogen and oxygen atoms in total. The second-order valence-electron chi connectivity index (χ2n) is 4.94. The molecule has 0 saturated heterocycles. The molecule has 1 unspecified atom stereocenters. The van der Waals surface area contributed by atoms with Gasteiger partial charge in [0, 0.05) is 18.3 Å². The van der Waals surface area contributed by atoms with Crippen LogP contribution in [0, 0.1) is 0 Å². The number of hydrazine groups is 1. The number of aliphatic hydroxyl groups excluding tert-OH is 1. The van der Waals surface area contributed by atoms with E-state index in [0.29, 0.717) is 5.69 Å². The van der Waals surface area contributed by atoms with E-state index in [9.17, 15) is 19.8 Å². The highest BCUT2D eigenvalue weighted by molar-refractivity contribution is 5.74. The van der Waals surface area contributed by atoms with Crippen LogP contribution < -0.4 is 16.6 Å². The number of imidazole rings is 2. The van der Waals surface area contributed by atoms with Gasteiger partial charge in [-0.15, -0.1) is 0 Å². The SMILES string of the molecule is N[C@H](C(=O)O)C(O)c1cnc(NN[C@@H](Cc2cnc[nH]2)C(=O)O)[nH]1. The zero-order chi connectivity index (χ0) is 17.7. The van der Waals surface area contributed by atoms with Gasteiger partial charge in [0.15, 0.2) is 0 Å². The Balaban J connectivity index is 1.95. The molecule has 0 bridgehead atoms. The van der Waals surface area contributed by atoms with Crippen LogP contribution in [0.25, 0.3) is 0 Å². The highest BCUT2D eigenvalue weighted by atomic mass is 16.4. The highest BCUT2D eigenvalue weighted by Crippen LogP contribution is 2.15. The van der Waals surface area contributed by atoms with Gasteiger partial charge in [-0.25, -0.2) is 15.4 Å². The van der Waals surface area contributed by atoms with E-state index in [4.69, 9.17) is 10.8 Å². The van der Waals surface area contributed by atoms with Crippen molar-refractivity contribution in [1.82, 2.24) is 25.4 Å². The quantitative estimate of drug-likeness (QED) is 0.240. The van der Waals surface area contributed by atoms with Crippen LogP contribution in [-0.2, 0) is 16.0 Å². The second-order valence-corrected chi connectivity index (χ2v) is 4.94. The van der Waals surface area contributed by atoms with Crippen LogP contribution in [0.5, 0.6) is 0 Å². The molecule has 2 aromatic rings. The molecule has 0 amide bonds. The molecule has 3 atom stereocenters. The van der Waals surface area contributed by atoms with Crippen LogP contribution in [0.4, 0.5) is 5.95 Å². The summed E-state index contributed by atoms with van der Waals surface area (Å²) >= 11 is 0. The molecule has 2 heterocycles. The van der Waals surface area contributed by atoms with Crippen LogP contribution in [0.1, 0.15) is 17.5 Å². The zero-order valence-electron chi connectivity index (χ0n) is 12.3. The summed E-state index contributed by atoms with van der Waals surface area (Å²) in [4.78, 5) is 35.0. The number of aliphatic hydroxyl groups is 1. The molecule has 9 N–H and O–H groups in total. The lowest BCUT2D eigenvalue weighted by molar-refractivity contribution is -0.141. The lowest BCUT2D eigenvalue weighted by Crippen LogP contribution is -2.42. The van der Waals surface area contributed by atoms with Crippen molar-refractivity contribution in [3.63, 3.8) is 0 Å². The van der Waals surface area contributed by atoms with Gasteiger partial charge in [-0.3, -0.25) is 15.0 Å². The van der Waals surface area contributed by atoms with Gasteiger partial charge in [0.1, 0.15) is 18.2 Å². The third kappa shape index (κ3) is 4.28. The number of nitrogens with two attached hydrogens (primary N) is 1. The summed E-state index contributed by atoms with van der Waals surface area (Å²) in [6.07, 6.45) is 2.80. The smallest absolute Gasteiger partial charge is 0.323 e. The van der Waals surface area contributed by atoms with Crippen LogP contribution in [0.15, 0.2) is 18.7 Å². The number of hydrogen-bond donors (Lipinski definition) is 8. The molecular weight excluding hydrogens is 322 g/mol. The third-order valence-corrected chi connectivity index (χ3v) is 3.18. The predicted molar refractivity (Wildman–Crippen MR) is 79.6 cm³/mol. The Morgan fingerprint density at radius 3 is 2.62 bits per heavy atom. The molecule has 0 fully saturated rings. The number of carboxylic acid groups (broad SMARTS) is 2. The lowest BCUT2D eigenvalue weighted by Gasteiger charge is -2.14. The van der Waals surface area contributed by atoms with Crippen LogP contribution in [-0.4, -0.2) is 59.3 Å². The number of aromatic amines is 2. The van der Waals surface area contributed by atoms with Crippen molar-refractivity contribution in [2.24, 2.45) is 5.73 Å². The van der Waals surface area contributed by atoms with Crippen LogP contribution in [0.3, 0.4) is 0 Å². The van der Waals surface area contributed by atoms with Crippen molar-refractivity contribution in [2.75, 3.05) is 5.43 Å². The number of aromatic nitrogens is 4. The van der Waals surface area contributed by atoms with Gasteiger partial charge in [0.2, 0.25) is 5.95 Å². The standard InChI is InChI=1S/C12H17N7O5/c13-8(11(23)24)9(20)7-3-15-12(17-7)19-18-6(10(21)22)1-5-2-14-4-16-5/h2-4,6,8-9,18,20H,1,13H2,(H,14,16)(H,21,22)(H,23,24)(H2,15,17,19)/t6-,8-,9?/m0/s1. The average Bonchev–Trinajstić information content (AvgIpc) is 3.21. The summed E-state index contributed by atoms with van der Waals surface area (Å²) in [5.74, 6) is -2.37. The first kappa shape index (κ1) is 17.4. The van der Waals surface area contributed by atoms with Gasteiger partial charge in [-0.05, 0) is 0 Å². The van der Waals surface area contributed by atoms with E-state index in [-0.39, 0.29) is 18.1 Å².